The Hall–Kier alpha value is -1.62. The molecule has 16 heavy (non-hydrogen) atoms. The molecule has 0 radical (unpaired) electrons. The lowest BCUT2D eigenvalue weighted by molar-refractivity contribution is -0.118. The molecule has 0 fully saturated rings. The van der Waals surface area contributed by atoms with Gasteiger partial charge in [0.25, 0.3) is 0 Å². The molecule has 1 atom stereocenters. The molecule has 0 amide bonds. The normalized spacial score (nSPS) is 13.8. The van der Waals surface area contributed by atoms with Crippen LogP contribution in [0.15, 0.2) is 30.3 Å². The monoisotopic (exact) mass is 215 g/mol. The lowest BCUT2D eigenvalue weighted by Crippen LogP contribution is -2.18. The molecular weight excluding hydrogens is 198 g/mol. The van der Waals surface area contributed by atoms with Crippen molar-refractivity contribution in [3.63, 3.8) is 0 Å². The molecule has 1 rings (SSSR count). The van der Waals surface area contributed by atoms with Crippen LogP contribution in [-0.4, -0.2) is 5.78 Å². The first-order chi connectivity index (χ1) is 7.56. The van der Waals surface area contributed by atoms with Gasteiger partial charge in [-0.15, -0.1) is 0 Å². The van der Waals surface area contributed by atoms with Crippen molar-refractivity contribution in [1.82, 2.24) is 0 Å². The number of nitriles is 1. The number of Topliss-reactive ketones (excluding diaryl/α,β-unsaturated/α-hetero) is 1. The van der Waals surface area contributed by atoms with Crippen molar-refractivity contribution in [1.29, 1.82) is 5.26 Å². The van der Waals surface area contributed by atoms with Crippen LogP contribution in [0.2, 0.25) is 0 Å². The summed E-state index contributed by atoms with van der Waals surface area (Å²) in [6.45, 7) is 3.40. The molecule has 0 saturated carbocycles. The van der Waals surface area contributed by atoms with Crippen LogP contribution in [0.5, 0.6) is 0 Å². The van der Waals surface area contributed by atoms with Crippen LogP contribution in [0.3, 0.4) is 0 Å². The van der Waals surface area contributed by atoms with E-state index >= 15 is 0 Å². The summed E-state index contributed by atoms with van der Waals surface area (Å²) in [4.78, 5) is 11.1. The maximum Gasteiger partial charge on any atom is 0.131 e. The molecular formula is C14H17NO. The molecule has 0 aliphatic carbocycles. The van der Waals surface area contributed by atoms with E-state index in [0.29, 0.717) is 6.42 Å². The molecule has 0 aliphatic rings. The highest BCUT2D eigenvalue weighted by molar-refractivity contribution is 5.76. The minimum absolute atomic E-state index is 0.0807. The summed E-state index contributed by atoms with van der Waals surface area (Å²) in [6.07, 6.45) is 1.92. The Bertz CT molecular complexity index is 391. The van der Waals surface area contributed by atoms with Gasteiger partial charge in [0.15, 0.2) is 0 Å². The smallest absolute Gasteiger partial charge is 0.131 e. The summed E-state index contributed by atoms with van der Waals surface area (Å²) in [5, 5.41) is 9.11. The van der Waals surface area contributed by atoms with Gasteiger partial charge in [-0.05, 0) is 32.3 Å². The lowest BCUT2D eigenvalue weighted by atomic mass is 9.81. The molecule has 1 unspecified atom stereocenters. The van der Waals surface area contributed by atoms with E-state index in [-0.39, 0.29) is 5.78 Å². The molecule has 0 bridgehead atoms. The first-order valence-electron chi connectivity index (χ1n) is 5.50. The SMILES string of the molecule is CC(=O)CC(C)(C#N)CCc1ccccc1. The molecule has 0 aromatic heterocycles. The maximum absolute atomic E-state index is 11.1. The van der Waals surface area contributed by atoms with Crippen molar-refractivity contribution in [2.75, 3.05) is 0 Å². The zero-order valence-corrected chi connectivity index (χ0v) is 9.86. The van der Waals surface area contributed by atoms with E-state index in [0.717, 1.165) is 12.8 Å². The predicted octanol–water partition coefficient (Wildman–Crippen LogP) is 3.13. The average Bonchev–Trinajstić information content (AvgIpc) is 2.27. The molecule has 0 N–H and O–H groups in total. The third-order valence-corrected chi connectivity index (χ3v) is 2.72. The van der Waals surface area contributed by atoms with Crippen LogP contribution in [-0.2, 0) is 11.2 Å². The molecule has 1 aromatic rings. The second kappa shape index (κ2) is 5.46. The van der Waals surface area contributed by atoms with E-state index in [9.17, 15) is 4.79 Å². The maximum atomic E-state index is 11.1. The fourth-order valence-corrected chi connectivity index (χ4v) is 1.80. The van der Waals surface area contributed by atoms with Crippen molar-refractivity contribution in [3.8, 4) is 6.07 Å². The van der Waals surface area contributed by atoms with Gasteiger partial charge in [-0.2, -0.15) is 5.26 Å². The van der Waals surface area contributed by atoms with Gasteiger partial charge >= 0.3 is 0 Å². The van der Waals surface area contributed by atoms with E-state index < -0.39 is 5.41 Å². The van der Waals surface area contributed by atoms with Gasteiger partial charge in [0, 0.05) is 6.42 Å². The van der Waals surface area contributed by atoms with Crippen LogP contribution in [0.4, 0.5) is 0 Å². The van der Waals surface area contributed by atoms with Crippen molar-refractivity contribution in [2.24, 2.45) is 5.41 Å². The highest BCUT2D eigenvalue weighted by Gasteiger charge is 2.25. The zero-order chi connectivity index (χ0) is 12.0. The molecule has 0 aliphatic heterocycles. The summed E-state index contributed by atoms with van der Waals surface area (Å²) in [5.74, 6) is 0.0807. The van der Waals surface area contributed by atoms with Gasteiger partial charge in [-0.1, -0.05) is 30.3 Å². The summed E-state index contributed by atoms with van der Waals surface area (Å²) < 4.78 is 0. The van der Waals surface area contributed by atoms with Crippen LogP contribution in [0.25, 0.3) is 0 Å². The Kier molecular flexibility index (Phi) is 4.25. The molecule has 0 heterocycles. The number of carbonyl (C=O) groups is 1. The van der Waals surface area contributed by atoms with Crippen molar-refractivity contribution < 1.29 is 4.79 Å². The first-order valence-corrected chi connectivity index (χ1v) is 5.50. The second-order valence-electron chi connectivity index (χ2n) is 4.54. The Balaban J connectivity index is 2.59. The summed E-state index contributed by atoms with van der Waals surface area (Å²) in [6, 6.07) is 12.3. The highest BCUT2D eigenvalue weighted by atomic mass is 16.1. The number of hydrogen-bond donors (Lipinski definition) is 0. The third kappa shape index (κ3) is 3.86. The summed E-state index contributed by atoms with van der Waals surface area (Å²) >= 11 is 0. The Labute approximate surface area is 96.9 Å². The van der Waals surface area contributed by atoms with Gasteiger partial charge in [0.1, 0.15) is 5.78 Å². The summed E-state index contributed by atoms with van der Waals surface area (Å²) in [5.41, 5.74) is 0.689. The molecule has 1 aromatic carbocycles. The van der Waals surface area contributed by atoms with Gasteiger partial charge in [0.2, 0.25) is 0 Å². The van der Waals surface area contributed by atoms with Gasteiger partial charge in [-0.3, -0.25) is 4.79 Å². The van der Waals surface area contributed by atoms with Gasteiger partial charge in [-0.25, -0.2) is 0 Å². The minimum Gasteiger partial charge on any atom is -0.300 e. The van der Waals surface area contributed by atoms with Crippen molar-refractivity contribution in [2.45, 2.75) is 33.1 Å². The van der Waals surface area contributed by atoms with Gasteiger partial charge < -0.3 is 0 Å². The number of hydrogen-bond acceptors (Lipinski definition) is 2. The molecule has 2 heteroatoms. The number of carbonyl (C=O) groups excluding carboxylic acids is 1. The fourth-order valence-electron chi connectivity index (χ4n) is 1.80. The number of ketones is 1. The second-order valence-corrected chi connectivity index (χ2v) is 4.54. The molecule has 2 nitrogen and oxygen atoms in total. The Morgan fingerprint density at radius 2 is 2.00 bits per heavy atom. The molecule has 0 saturated heterocycles. The Morgan fingerprint density at radius 3 is 2.50 bits per heavy atom. The number of rotatable bonds is 5. The minimum atomic E-state index is -0.526. The number of nitrogens with zero attached hydrogens (tertiary/aromatic N) is 1. The average molecular weight is 215 g/mol. The van der Waals surface area contributed by atoms with Gasteiger partial charge in [0.05, 0.1) is 11.5 Å². The van der Waals surface area contributed by atoms with Crippen molar-refractivity contribution in [3.05, 3.63) is 35.9 Å². The standard InChI is InChI=1S/C14H17NO/c1-12(16)10-14(2,11-15)9-8-13-6-4-3-5-7-13/h3-7H,8-10H2,1-2H3. The van der Waals surface area contributed by atoms with E-state index in [2.05, 4.69) is 6.07 Å². The van der Waals surface area contributed by atoms with Crippen LogP contribution in [0, 0.1) is 16.7 Å². The van der Waals surface area contributed by atoms with Crippen LogP contribution in [0.1, 0.15) is 32.3 Å². The van der Waals surface area contributed by atoms with Crippen molar-refractivity contribution >= 4 is 5.78 Å². The van der Waals surface area contributed by atoms with Crippen LogP contribution >= 0.6 is 0 Å². The van der Waals surface area contributed by atoms with E-state index in [4.69, 9.17) is 5.26 Å². The number of aryl methyl sites for hydroxylation is 1. The highest BCUT2D eigenvalue weighted by Crippen LogP contribution is 2.27. The molecule has 0 spiro atoms. The fraction of sp³-hybridized carbons (Fsp3) is 0.429. The first kappa shape index (κ1) is 12.4. The summed E-state index contributed by atoms with van der Waals surface area (Å²) in [7, 11) is 0. The third-order valence-electron chi connectivity index (χ3n) is 2.72. The largest absolute Gasteiger partial charge is 0.300 e. The van der Waals surface area contributed by atoms with E-state index in [1.54, 1.807) is 0 Å². The van der Waals surface area contributed by atoms with E-state index in [1.807, 2.05) is 37.3 Å². The lowest BCUT2D eigenvalue weighted by Gasteiger charge is -2.19. The van der Waals surface area contributed by atoms with Crippen LogP contribution < -0.4 is 0 Å². The number of benzene rings is 1. The molecule has 84 valence electrons. The predicted molar refractivity (Wildman–Crippen MR) is 63.8 cm³/mol. The Morgan fingerprint density at radius 1 is 1.38 bits per heavy atom. The zero-order valence-electron chi connectivity index (χ0n) is 9.86. The van der Waals surface area contributed by atoms with E-state index in [1.165, 1.54) is 12.5 Å². The quantitative estimate of drug-likeness (QED) is 0.757. The topological polar surface area (TPSA) is 40.9 Å².